The van der Waals surface area contributed by atoms with Crippen molar-refractivity contribution in [1.82, 2.24) is 9.88 Å². The zero-order valence-corrected chi connectivity index (χ0v) is 15.0. The van der Waals surface area contributed by atoms with E-state index in [9.17, 15) is 9.18 Å². The summed E-state index contributed by atoms with van der Waals surface area (Å²) in [5, 5.41) is 0.305. The van der Waals surface area contributed by atoms with E-state index < -0.39 is 0 Å². The van der Waals surface area contributed by atoms with E-state index in [0.717, 1.165) is 5.69 Å². The zero-order valence-electron chi connectivity index (χ0n) is 14.2. The van der Waals surface area contributed by atoms with Crippen molar-refractivity contribution in [3.8, 4) is 0 Å². The van der Waals surface area contributed by atoms with Crippen LogP contribution >= 0.6 is 11.6 Å². The van der Waals surface area contributed by atoms with E-state index in [1.165, 1.54) is 12.1 Å². The quantitative estimate of drug-likeness (QED) is 0.787. The molecule has 1 fully saturated rings. The SMILES string of the molecule is CN(C)c1cc(C(=O)N2CCN(c3ccc(F)cc3)CC2)cc(Cl)n1. The van der Waals surface area contributed by atoms with Gasteiger partial charge in [-0.3, -0.25) is 4.79 Å². The fraction of sp³-hybridized carbons (Fsp3) is 0.333. The first-order chi connectivity index (χ1) is 11.9. The minimum Gasteiger partial charge on any atom is -0.368 e. The minimum absolute atomic E-state index is 0.0499. The fourth-order valence-electron chi connectivity index (χ4n) is 2.84. The molecular formula is C18H20ClFN4O. The Morgan fingerprint density at radius 1 is 1.12 bits per heavy atom. The van der Waals surface area contributed by atoms with Crippen molar-refractivity contribution in [2.24, 2.45) is 0 Å². The maximum Gasteiger partial charge on any atom is 0.254 e. The molecule has 1 amide bonds. The predicted octanol–water partition coefficient (Wildman–Crippen LogP) is 2.90. The molecule has 2 aromatic rings. The Morgan fingerprint density at radius 2 is 1.76 bits per heavy atom. The molecule has 25 heavy (non-hydrogen) atoms. The van der Waals surface area contributed by atoms with Gasteiger partial charge in [0.2, 0.25) is 0 Å². The lowest BCUT2D eigenvalue weighted by Gasteiger charge is -2.36. The van der Waals surface area contributed by atoms with Crippen LogP contribution in [0.4, 0.5) is 15.9 Å². The molecule has 7 heteroatoms. The van der Waals surface area contributed by atoms with Gasteiger partial charge in [-0.1, -0.05) is 11.6 Å². The predicted molar refractivity (Wildman–Crippen MR) is 98.1 cm³/mol. The average molecular weight is 363 g/mol. The molecule has 0 atom stereocenters. The van der Waals surface area contributed by atoms with E-state index in [2.05, 4.69) is 9.88 Å². The molecule has 3 rings (SSSR count). The Kier molecular flexibility index (Phi) is 5.08. The highest BCUT2D eigenvalue weighted by atomic mass is 35.5. The lowest BCUT2D eigenvalue weighted by atomic mass is 10.2. The smallest absolute Gasteiger partial charge is 0.254 e. The Bertz CT molecular complexity index is 758. The maximum absolute atomic E-state index is 13.0. The van der Waals surface area contributed by atoms with Crippen LogP contribution in [0, 0.1) is 5.82 Å². The van der Waals surface area contributed by atoms with Crippen molar-refractivity contribution in [2.75, 3.05) is 50.1 Å². The second-order valence-electron chi connectivity index (χ2n) is 6.19. The Morgan fingerprint density at radius 3 is 2.36 bits per heavy atom. The largest absolute Gasteiger partial charge is 0.368 e. The number of piperazine rings is 1. The number of halogens is 2. The summed E-state index contributed by atoms with van der Waals surface area (Å²) in [6, 6.07) is 9.78. The van der Waals surface area contributed by atoms with Crippen LogP contribution in [-0.2, 0) is 0 Å². The summed E-state index contributed by atoms with van der Waals surface area (Å²) in [6.07, 6.45) is 0. The van der Waals surface area contributed by atoms with Crippen molar-refractivity contribution >= 4 is 29.0 Å². The highest BCUT2D eigenvalue weighted by Crippen LogP contribution is 2.21. The summed E-state index contributed by atoms with van der Waals surface area (Å²) in [5.74, 6) is 0.357. The van der Waals surface area contributed by atoms with Crippen molar-refractivity contribution in [3.63, 3.8) is 0 Å². The van der Waals surface area contributed by atoms with Gasteiger partial charge in [-0.2, -0.15) is 0 Å². The van der Waals surface area contributed by atoms with Crippen molar-refractivity contribution in [1.29, 1.82) is 0 Å². The molecule has 0 aliphatic carbocycles. The lowest BCUT2D eigenvalue weighted by Crippen LogP contribution is -2.48. The summed E-state index contributed by atoms with van der Waals surface area (Å²) >= 11 is 6.05. The standard InChI is InChI=1S/C18H20ClFN4O/c1-22(2)17-12-13(11-16(19)21-17)18(25)24-9-7-23(8-10-24)15-5-3-14(20)4-6-15/h3-6,11-12H,7-10H2,1-2H3. The van der Waals surface area contributed by atoms with Crippen LogP contribution in [0.1, 0.15) is 10.4 Å². The molecule has 1 aromatic carbocycles. The van der Waals surface area contributed by atoms with Crippen LogP contribution in [-0.4, -0.2) is 56.1 Å². The first-order valence-corrected chi connectivity index (χ1v) is 8.46. The third-order valence-corrected chi connectivity index (χ3v) is 4.44. The molecule has 0 N–H and O–H groups in total. The maximum atomic E-state index is 13.0. The second kappa shape index (κ2) is 7.27. The Balaban J connectivity index is 1.68. The van der Waals surface area contributed by atoms with Gasteiger partial charge in [0.25, 0.3) is 5.91 Å². The molecule has 1 saturated heterocycles. The number of hydrogen-bond donors (Lipinski definition) is 0. The molecule has 0 spiro atoms. The minimum atomic E-state index is -0.246. The molecule has 132 valence electrons. The van der Waals surface area contributed by atoms with Gasteiger partial charge < -0.3 is 14.7 Å². The van der Waals surface area contributed by atoms with Gasteiger partial charge in [0.15, 0.2) is 0 Å². The van der Waals surface area contributed by atoms with E-state index in [1.807, 2.05) is 23.9 Å². The molecule has 0 unspecified atom stereocenters. The number of pyridine rings is 1. The molecule has 0 bridgehead atoms. The monoisotopic (exact) mass is 362 g/mol. The van der Waals surface area contributed by atoms with Crippen LogP contribution in [0.15, 0.2) is 36.4 Å². The number of rotatable bonds is 3. The Hall–Kier alpha value is -2.34. The van der Waals surface area contributed by atoms with Crippen LogP contribution in [0.5, 0.6) is 0 Å². The normalized spacial score (nSPS) is 14.6. The average Bonchev–Trinajstić information content (AvgIpc) is 2.61. The molecule has 5 nitrogen and oxygen atoms in total. The molecule has 0 radical (unpaired) electrons. The van der Waals surface area contributed by atoms with Gasteiger partial charge in [-0.25, -0.2) is 9.37 Å². The number of anilines is 2. The highest BCUT2D eigenvalue weighted by molar-refractivity contribution is 6.29. The molecule has 2 heterocycles. The van der Waals surface area contributed by atoms with Crippen LogP contribution in [0.25, 0.3) is 0 Å². The molecule has 1 aliphatic rings. The van der Waals surface area contributed by atoms with E-state index in [4.69, 9.17) is 11.6 Å². The third-order valence-electron chi connectivity index (χ3n) is 4.24. The van der Waals surface area contributed by atoms with E-state index >= 15 is 0 Å². The van der Waals surface area contributed by atoms with Crippen molar-refractivity contribution < 1.29 is 9.18 Å². The topological polar surface area (TPSA) is 39.7 Å². The fourth-order valence-corrected chi connectivity index (χ4v) is 3.04. The van der Waals surface area contributed by atoms with Gasteiger partial charge >= 0.3 is 0 Å². The zero-order chi connectivity index (χ0) is 18.0. The Labute approximate surface area is 151 Å². The van der Waals surface area contributed by atoms with Gasteiger partial charge in [-0.15, -0.1) is 0 Å². The van der Waals surface area contributed by atoms with E-state index in [0.29, 0.717) is 42.7 Å². The number of carbonyl (C=O) groups is 1. The highest BCUT2D eigenvalue weighted by Gasteiger charge is 2.23. The van der Waals surface area contributed by atoms with Gasteiger partial charge in [0, 0.05) is 51.5 Å². The van der Waals surface area contributed by atoms with Crippen molar-refractivity contribution in [2.45, 2.75) is 0 Å². The molecular weight excluding hydrogens is 343 g/mol. The summed E-state index contributed by atoms with van der Waals surface area (Å²) in [5.41, 5.74) is 1.51. The summed E-state index contributed by atoms with van der Waals surface area (Å²) in [4.78, 5) is 22.7. The van der Waals surface area contributed by atoms with Crippen molar-refractivity contribution in [3.05, 3.63) is 52.9 Å². The first kappa shape index (κ1) is 17.5. The van der Waals surface area contributed by atoms with Gasteiger partial charge in [0.05, 0.1) is 0 Å². The third kappa shape index (κ3) is 4.02. The number of amides is 1. The number of aromatic nitrogens is 1. The van der Waals surface area contributed by atoms with E-state index in [-0.39, 0.29) is 11.7 Å². The first-order valence-electron chi connectivity index (χ1n) is 8.09. The molecule has 0 saturated carbocycles. The summed E-state index contributed by atoms with van der Waals surface area (Å²) < 4.78 is 13.0. The lowest BCUT2D eigenvalue weighted by molar-refractivity contribution is 0.0746. The molecule has 1 aromatic heterocycles. The number of hydrogen-bond acceptors (Lipinski definition) is 4. The second-order valence-corrected chi connectivity index (χ2v) is 6.57. The van der Waals surface area contributed by atoms with Crippen LogP contribution in [0.3, 0.4) is 0 Å². The van der Waals surface area contributed by atoms with Gasteiger partial charge in [0.1, 0.15) is 16.8 Å². The van der Waals surface area contributed by atoms with E-state index in [1.54, 1.807) is 24.3 Å². The van der Waals surface area contributed by atoms with Gasteiger partial charge in [-0.05, 0) is 36.4 Å². The summed E-state index contributed by atoms with van der Waals surface area (Å²) in [6.45, 7) is 2.62. The number of benzene rings is 1. The van der Waals surface area contributed by atoms with Crippen LogP contribution in [0.2, 0.25) is 5.15 Å². The van der Waals surface area contributed by atoms with Crippen LogP contribution < -0.4 is 9.80 Å². The summed E-state index contributed by atoms with van der Waals surface area (Å²) in [7, 11) is 3.71. The number of carbonyl (C=O) groups excluding carboxylic acids is 1. The molecule has 1 aliphatic heterocycles. The number of nitrogens with zero attached hydrogens (tertiary/aromatic N) is 4.